The minimum Gasteiger partial charge on any atom is -0.381 e. The van der Waals surface area contributed by atoms with Gasteiger partial charge in [0.25, 0.3) is 0 Å². The van der Waals surface area contributed by atoms with Gasteiger partial charge in [0.15, 0.2) is 0 Å². The van der Waals surface area contributed by atoms with Crippen LogP contribution in [0.25, 0.3) is 11.0 Å². The maximum atomic E-state index is 12.8. The van der Waals surface area contributed by atoms with Gasteiger partial charge in [-0.1, -0.05) is 13.0 Å². The second kappa shape index (κ2) is 7.50. The van der Waals surface area contributed by atoms with Gasteiger partial charge < -0.3 is 19.9 Å². The fourth-order valence-corrected chi connectivity index (χ4v) is 4.40. The number of carbonyl (C=O) groups is 1. The average Bonchev–Trinajstić information content (AvgIpc) is 3.10. The molecule has 3 heterocycles. The summed E-state index contributed by atoms with van der Waals surface area (Å²) in [7, 11) is 0. The second-order valence-corrected chi connectivity index (χ2v) is 8.15. The highest BCUT2D eigenvalue weighted by Crippen LogP contribution is 2.40. The molecule has 0 saturated carbocycles. The monoisotopic (exact) mass is 370 g/mol. The van der Waals surface area contributed by atoms with Gasteiger partial charge in [0.05, 0.1) is 17.1 Å². The number of aromatic nitrogens is 2. The van der Waals surface area contributed by atoms with Crippen LogP contribution in [0.2, 0.25) is 0 Å². The van der Waals surface area contributed by atoms with E-state index < -0.39 is 0 Å². The van der Waals surface area contributed by atoms with E-state index in [0.29, 0.717) is 5.41 Å². The van der Waals surface area contributed by atoms with Gasteiger partial charge >= 0.3 is 6.03 Å². The molecule has 0 aliphatic carbocycles. The Bertz CT molecular complexity index is 800. The lowest BCUT2D eigenvalue weighted by Crippen LogP contribution is -2.49. The first-order valence-corrected chi connectivity index (χ1v) is 10.2. The third kappa shape index (κ3) is 3.81. The van der Waals surface area contributed by atoms with E-state index in [1.807, 2.05) is 11.0 Å². The fraction of sp³-hybridized carbons (Fsp3) is 0.619. The van der Waals surface area contributed by atoms with Crippen molar-refractivity contribution in [3.8, 4) is 0 Å². The number of ether oxygens (including phenoxy) is 1. The van der Waals surface area contributed by atoms with Crippen LogP contribution in [0, 0.1) is 12.3 Å². The summed E-state index contributed by atoms with van der Waals surface area (Å²) < 4.78 is 5.52. The van der Waals surface area contributed by atoms with Crippen LogP contribution in [0.15, 0.2) is 18.2 Å². The van der Waals surface area contributed by atoms with Crippen LogP contribution < -0.4 is 5.32 Å². The van der Waals surface area contributed by atoms with Crippen LogP contribution in [-0.2, 0) is 4.74 Å². The van der Waals surface area contributed by atoms with Gasteiger partial charge in [-0.2, -0.15) is 0 Å². The Hall–Kier alpha value is -2.08. The number of nitrogens with zero attached hydrogens (tertiary/aromatic N) is 2. The molecule has 1 spiro atoms. The molecule has 6 nitrogen and oxygen atoms in total. The zero-order chi connectivity index (χ0) is 18.9. The Morgan fingerprint density at radius 3 is 2.74 bits per heavy atom. The topological polar surface area (TPSA) is 70.2 Å². The van der Waals surface area contributed by atoms with Gasteiger partial charge in [-0.3, -0.25) is 0 Å². The summed E-state index contributed by atoms with van der Waals surface area (Å²) in [4.78, 5) is 22.9. The molecule has 4 rings (SSSR count). The van der Waals surface area contributed by atoms with Gasteiger partial charge in [0.1, 0.15) is 5.82 Å². The number of hydrogen-bond donors (Lipinski definition) is 2. The predicted molar refractivity (Wildman–Crippen MR) is 106 cm³/mol. The summed E-state index contributed by atoms with van der Waals surface area (Å²) in [6, 6.07) is 6.12. The van der Waals surface area contributed by atoms with Crippen LogP contribution in [0.3, 0.4) is 0 Å². The normalized spacial score (nSPS) is 20.7. The Balaban J connectivity index is 1.40. The molecule has 1 aromatic heterocycles. The molecule has 0 radical (unpaired) electrons. The molecule has 2 N–H and O–H groups in total. The molecule has 0 bridgehead atoms. The van der Waals surface area contributed by atoms with Crippen molar-refractivity contribution in [1.29, 1.82) is 0 Å². The molecule has 1 atom stereocenters. The lowest BCUT2D eigenvalue weighted by Gasteiger charge is -2.44. The van der Waals surface area contributed by atoms with E-state index in [-0.39, 0.29) is 12.1 Å². The van der Waals surface area contributed by atoms with Crippen LogP contribution >= 0.6 is 0 Å². The van der Waals surface area contributed by atoms with Crippen LogP contribution in [-0.4, -0.2) is 47.2 Å². The zero-order valence-electron chi connectivity index (χ0n) is 16.4. The minimum atomic E-state index is -0.0934. The summed E-state index contributed by atoms with van der Waals surface area (Å²) in [6.45, 7) is 7.56. The number of urea groups is 1. The van der Waals surface area contributed by atoms with Crippen LogP contribution in [0.5, 0.6) is 0 Å². The molecule has 1 unspecified atom stereocenters. The number of fused-ring (bicyclic) bond motifs is 1. The van der Waals surface area contributed by atoms with E-state index in [9.17, 15) is 4.79 Å². The predicted octanol–water partition coefficient (Wildman–Crippen LogP) is 3.92. The number of aryl methyl sites for hydroxylation is 1. The first-order chi connectivity index (χ1) is 13.1. The maximum absolute atomic E-state index is 12.8. The maximum Gasteiger partial charge on any atom is 0.317 e. The van der Waals surface area contributed by atoms with Crippen molar-refractivity contribution in [2.75, 3.05) is 26.3 Å². The van der Waals surface area contributed by atoms with Gasteiger partial charge in [-0.25, -0.2) is 9.78 Å². The lowest BCUT2D eigenvalue weighted by atomic mass is 9.72. The van der Waals surface area contributed by atoms with Gasteiger partial charge in [0, 0.05) is 26.3 Å². The fourth-order valence-electron chi connectivity index (χ4n) is 4.40. The van der Waals surface area contributed by atoms with E-state index in [0.717, 1.165) is 75.3 Å². The van der Waals surface area contributed by atoms with Crippen molar-refractivity contribution in [2.45, 2.75) is 52.0 Å². The number of aromatic amines is 1. The Labute approximate surface area is 160 Å². The minimum absolute atomic E-state index is 0.0281. The molecule has 1 aromatic carbocycles. The molecular weight excluding hydrogens is 340 g/mol. The second-order valence-electron chi connectivity index (χ2n) is 8.15. The smallest absolute Gasteiger partial charge is 0.317 e. The highest BCUT2D eigenvalue weighted by Gasteiger charge is 2.37. The summed E-state index contributed by atoms with van der Waals surface area (Å²) >= 11 is 0. The molecule has 2 aliphatic heterocycles. The zero-order valence-corrected chi connectivity index (χ0v) is 16.4. The number of benzene rings is 1. The molecular formula is C21H30N4O2. The van der Waals surface area contributed by atoms with Crippen molar-refractivity contribution in [2.24, 2.45) is 5.41 Å². The molecule has 6 heteroatoms. The highest BCUT2D eigenvalue weighted by molar-refractivity contribution is 5.77. The third-order valence-electron chi connectivity index (χ3n) is 6.36. The van der Waals surface area contributed by atoms with E-state index >= 15 is 0 Å². The molecule has 2 amide bonds. The summed E-state index contributed by atoms with van der Waals surface area (Å²) in [5.74, 6) is 0.837. The van der Waals surface area contributed by atoms with E-state index in [1.165, 1.54) is 5.56 Å². The summed E-state index contributed by atoms with van der Waals surface area (Å²) in [5.41, 5.74) is 3.57. The van der Waals surface area contributed by atoms with Crippen molar-refractivity contribution in [3.05, 3.63) is 29.6 Å². The molecule has 2 aromatic rings. The molecule has 27 heavy (non-hydrogen) atoms. The number of likely N-dealkylation sites (tertiary alicyclic amines) is 1. The summed E-state index contributed by atoms with van der Waals surface area (Å²) in [6.07, 6.45) is 5.26. The average molecular weight is 370 g/mol. The van der Waals surface area contributed by atoms with Crippen LogP contribution in [0.4, 0.5) is 4.79 Å². The standard InChI is InChI=1S/C21H30N4O2/c1-3-16(19-22-17-5-4-15(2)14-18(17)23-19)24-20(26)25-10-6-21(7-11-25)8-12-27-13-9-21/h4-5,14,16H,3,6-13H2,1-2H3,(H,22,23)(H,24,26). The van der Waals surface area contributed by atoms with E-state index in [4.69, 9.17) is 4.74 Å². The first kappa shape index (κ1) is 18.3. The van der Waals surface area contributed by atoms with Gasteiger partial charge in [-0.15, -0.1) is 0 Å². The number of imidazole rings is 1. The number of nitrogens with one attached hydrogen (secondary N) is 2. The van der Waals surface area contributed by atoms with Gasteiger partial charge in [-0.05, 0) is 62.1 Å². The Morgan fingerprint density at radius 2 is 2.04 bits per heavy atom. The SMILES string of the molecule is CCC(NC(=O)N1CCC2(CCOCC2)CC1)c1nc2ccc(C)cc2[nH]1. The number of hydrogen-bond acceptors (Lipinski definition) is 3. The van der Waals surface area contributed by atoms with Crippen molar-refractivity contribution in [1.82, 2.24) is 20.2 Å². The summed E-state index contributed by atoms with van der Waals surface area (Å²) in [5, 5.41) is 3.19. The Kier molecular flexibility index (Phi) is 5.08. The number of carbonyl (C=O) groups excluding carboxylic acids is 1. The first-order valence-electron chi connectivity index (χ1n) is 10.2. The number of amides is 2. The molecule has 146 valence electrons. The number of piperidine rings is 1. The van der Waals surface area contributed by atoms with Crippen molar-refractivity contribution in [3.63, 3.8) is 0 Å². The molecule has 2 aliphatic rings. The van der Waals surface area contributed by atoms with E-state index in [2.05, 4.69) is 41.3 Å². The van der Waals surface area contributed by atoms with E-state index in [1.54, 1.807) is 0 Å². The third-order valence-corrected chi connectivity index (χ3v) is 6.36. The molecule has 2 fully saturated rings. The van der Waals surface area contributed by atoms with Gasteiger partial charge in [0.2, 0.25) is 0 Å². The van der Waals surface area contributed by atoms with Crippen molar-refractivity contribution >= 4 is 17.1 Å². The van der Waals surface area contributed by atoms with Crippen molar-refractivity contribution < 1.29 is 9.53 Å². The lowest BCUT2D eigenvalue weighted by molar-refractivity contribution is -0.0146. The number of rotatable bonds is 3. The Morgan fingerprint density at radius 1 is 1.30 bits per heavy atom. The highest BCUT2D eigenvalue weighted by atomic mass is 16.5. The quantitative estimate of drug-likeness (QED) is 0.860. The molecule has 2 saturated heterocycles. The van der Waals surface area contributed by atoms with Crippen LogP contribution in [0.1, 0.15) is 56.5 Å². The largest absolute Gasteiger partial charge is 0.381 e. The number of H-pyrrole nitrogens is 1.